The SMILES string of the molecule is O=S(=O)(CCCCO)N1CC=C(c2ccc3nc(OC4CCN(c5ccc(C(F)(F)F)cn5)CC4)sc3c2)CC1. The van der Waals surface area contributed by atoms with Gasteiger partial charge in [0.2, 0.25) is 10.0 Å². The number of anilines is 1. The van der Waals surface area contributed by atoms with E-state index in [2.05, 4.69) is 16.0 Å². The van der Waals surface area contributed by atoms with E-state index in [1.165, 1.54) is 21.7 Å². The number of pyridine rings is 1. The maximum absolute atomic E-state index is 12.8. The number of aromatic nitrogens is 2. The van der Waals surface area contributed by atoms with Gasteiger partial charge < -0.3 is 14.7 Å². The molecule has 1 saturated heterocycles. The van der Waals surface area contributed by atoms with E-state index in [0.29, 0.717) is 69.3 Å². The molecule has 0 saturated carbocycles. The number of ether oxygens (including phenoxy) is 1. The summed E-state index contributed by atoms with van der Waals surface area (Å²) in [6, 6.07) is 8.48. The summed E-state index contributed by atoms with van der Waals surface area (Å²) in [4.78, 5) is 10.6. The van der Waals surface area contributed by atoms with Crippen LogP contribution in [-0.4, -0.2) is 72.4 Å². The lowest BCUT2D eigenvalue weighted by molar-refractivity contribution is -0.137. The molecular formula is C27H31F3N4O4S2. The lowest BCUT2D eigenvalue weighted by Gasteiger charge is -2.32. The van der Waals surface area contributed by atoms with Gasteiger partial charge in [-0.15, -0.1) is 0 Å². The van der Waals surface area contributed by atoms with Crippen LogP contribution in [0.3, 0.4) is 0 Å². The molecule has 1 N–H and O–H groups in total. The van der Waals surface area contributed by atoms with Gasteiger partial charge >= 0.3 is 6.18 Å². The summed E-state index contributed by atoms with van der Waals surface area (Å²) < 4.78 is 72.1. The minimum absolute atomic E-state index is 0.00473. The summed E-state index contributed by atoms with van der Waals surface area (Å²) in [7, 11) is -3.33. The van der Waals surface area contributed by atoms with E-state index < -0.39 is 21.8 Å². The van der Waals surface area contributed by atoms with Gasteiger partial charge in [0.15, 0.2) is 0 Å². The van der Waals surface area contributed by atoms with Crippen LogP contribution in [-0.2, 0) is 16.2 Å². The van der Waals surface area contributed by atoms with Crippen LogP contribution in [0.1, 0.15) is 43.2 Å². The van der Waals surface area contributed by atoms with Gasteiger partial charge in [-0.25, -0.2) is 18.4 Å². The van der Waals surface area contributed by atoms with Crippen molar-refractivity contribution in [1.29, 1.82) is 0 Å². The zero-order valence-electron chi connectivity index (χ0n) is 21.8. The van der Waals surface area contributed by atoms with Crippen LogP contribution < -0.4 is 9.64 Å². The maximum Gasteiger partial charge on any atom is 0.417 e. The summed E-state index contributed by atoms with van der Waals surface area (Å²) in [6.45, 7) is 2.02. The fourth-order valence-electron chi connectivity index (χ4n) is 4.93. The number of fused-ring (bicyclic) bond motifs is 1. The van der Waals surface area contributed by atoms with Gasteiger partial charge in [0, 0.05) is 51.8 Å². The number of nitrogens with zero attached hydrogens (tertiary/aromatic N) is 4. The molecule has 2 aliphatic heterocycles. The Morgan fingerprint density at radius 1 is 1.10 bits per heavy atom. The largest absolute Gasteiger partial charge is 0.467 e. The van der Waals surface area contributed by atoms with E-state index in [9.17, 15) is 21.6 Å². The summed E-state index contributed by atoms with van der Waals surface area (Å²) in [5.74, 6) is 0.579. The molecule has 2 aromatic heterocycles. The lowest BCUT2D eigenvalue weighted by atomic mass is 10.0. The average molecular weight is 597 g/mol. The average Bonchev–Trinajstić information content (AvgIpc) is 3.35. The van der Waals surface area contributed by atoms with Gasteiger partial charge in [-0.05, 0) is 54.7 Å². The molecule has 1 fully saturated rings. The molecule has 0 bridgehead atoms. The summed E-state index contributed by atoms with van der Waals surface area (Å²) in [6.07, 6.45) is 1.36. The first-order valence-corrected chi connectivity index (χ1v) is 15.7. The second-order valence-electron chi connectivity index (χ2n) is 9.95. The molecule has 0 spiro atoms. The number of piperidine rings is 1. The van der Waals surface area contributed by atoms with Gasteiger partial charge in [-0.3, -0.25) is 0 Å². The maximum atomic E-state index is 12.8. The topological polar surface area (TPSA) is 95.9 Å². The standard InChI is InChI=1S/C27H31F3N4O4S2/c28-27(29,30)21-4-6-25(31-18-21)33-11-9-22(10-12-33)38-26-32-23-5-3-20(17-24(23)39-26)19-7-13-34(14-8-19)40(36,37)16-2-1-15-35/h3-7,17-18,22,35H,1-2,8-16H2. The number of hydrogen-bond donors (Lipinski definition) is 1. The van der Waals surface area contributed by atoms with Crippen LogP contribution in [0.5, 0.6) is 5.19 Å². The molecule has 3 aromatic rings. The van der Waals surface area contributed by atoms with Crippen molar-refractivity contribution in [2.24, 2.45) is 0 Å². The van der Waals surface area contributed by atoms with Crippen molar-refractivity contribution >= 4 is 43.0 Å². The van der Waals surface area contributed by atoms with Gasteiger partial charge in [0.25, 0.3) is 5.19 Å². The molecule has 0 radical (unpaired) electrons. The highest BCUT2D eigenvalue weighted by molar-refractivity contribution is 7.89. The number of thiazole rings is 1. The number of aliphatic hydroxyl groups excluding tert-OH is 1. The normalized spacial score (nSPS) is 17.8. The van der Waals surface area contributed by atoms with Crippen molar-refractivity contribution in [3.05, 3.63) is 53.7 Å². The zero-order chi connectivity index (χ0) is 28.3. The zero-order valence-corrected chi connectivity index (χ0v) is 23.4. The molecule has 13 heteroatoms. The van der Waals surface area contributed by atoms with Gasteiger partial charge in [-0.1, -0.05) is 23.5 Å². The third kappa shape index (κ3) is 6.76. The Hall–Kier alpha value is -2.74. The molecular weight excluding hydrogens is 565 g/mol. The molecule has 40 heavy (non-hydrogen) atoms. The molecule has 0 unspecified atom stereocenters. The number of aliphatic hydroxyl groups is 1. The molecule has 2 aliphatic rings. The third-order valence-electron chi connectivity index (χ3n) is 7.22. The Labute approximate surface area is 235 Å². The van der Waals surface area contributed by atoms with Crippen LogP contribution in [0.4, 0.5) is 19.0 Å². The Morgan fingerprint density at radius 3 is 2.55 bits per heavy atom. The highest BCUT2D eigenvalue weighted by Gasteiger charge is 2.31. The van der Waals surface area contributed by atoms with E-state index in [1.54, 1.807) is 0 Å². The molecule has 0 aliphatic carbocycles. The molecule has 0 atom stereocenters. The molecule has 0 amide bonds. The molecule has 1 aromatic carbocycles. The minimum Gasteiger partial charge on any atom is -0.467 e. The molecule has 5 rings (SSSR count). The third-order valence-corrected chi connectivity index (χ3v) is 10.1. The molecule has 4 heterocycles. The first-order valence-electron chi connectivity index (χ1n) is 13.3. The van der Waals surface area contributed by atoms with Crippen molar-refractivity contribution < 1.29 is 31.4 Å². The number of hydrogen-bond acceptors (Lipinski definition) is 8. The Bertz CT molecular complexity index is 1450. The fraction of sp³-hybridized carbons (Fsp3) is 0.481. The number of alkyl halides is 3. The van der Waals surface area contributed by atoms with Crippen molar-refractivity contribution in [3.63, 3.8) is 0 Å². The Morgan fingerprint density at radius 2 is 1.90 bits per heavy atom. The van der Waals surface area contributed by atoms with E-state index >= 15 is 0 Å². The predicted molar refractivity (Wildman–Crippen MR) is 149 cm³/mol. The van der Waals surface area contributed by atoms with E-state index in [1.807, 2.05) is 23.1 Å². The van der Waals surface area contributed by atoms with Crippen molar-refractivity contribution in [3.8, 4) is 5.19 Å². The summed E-state index contributed by atoms with van der Waals surface area (Å²) >= 11 is 1.47. The monoisotopic (exact) mass is 596 g/mol. The second kappa shape index (κ2) is 12.0. The lowest BCUT2D eigenvalue weighted by Crippen LogP contribution is -2.38. The molecule has 8 nitrogen and oxygen atoms in total. The van der Waals surface area contributed by atoms with E-state index in [4.69, 9.17) is 9.84 Å². The number of rotatable bonds is 9. The molecule has 216 valence electrons. The fourth-order valence-corrected chi connectivity index (χ4v) is 7.35. The Kier molecular flexibility index (Phi) is 8.64. The number of sulfonamides is 1. The van der Waals surface area contributed by atoms with Gasteiger partial charge in [-0.2, -0.15) is 17.5 Å². The van der Waals surface area contributed by atoms with Crippen LogP contribution in [0, 0.1) is 0 Å². The van der Waals surface area contributed by atoms with Crippen LogP contribution in [0.25, 0.3) is 15.8 Å². The smallest absolute Gasteiger partial charge is 0.417 e. The number of unbranched alkanes of at least 4 members (excludes halogenated alkanes) is 1. The van der Waals surface area contributed by atoms with Gasteiger partial charge in [0.1, 0.15) is 11.9 Å². The highest BCUT2D eigenvalue weighted by Crippen LogP contribution is 2.34. The first-order chi connectivity index (χ1) is 19.1. The Balaban J connectivity index is 1.17. The van der Waals surface area contributed by atoms with Crippen LogP contribution in [0.15, 0.2) is 42.6 Å². The van der Waals surface area contributed by atoms with E-state index in [-0.39, 0.29) is 18.5 Å². The summed E-state index contributed by atoms with van der Waals surface area (Å²) in [5.41, 5.74) is 2.22. The van der Waals surface area contributed by atoms with E-state index in [0.717, 1.165) is 33.6 Å². The number of halogens is 3. The highest BCUT2D eigenvalue weighted by atomic mass is 32.2. The first kappa shape index (κ1) is 28.8. The van der Waals surface area contributed by atoms with Crippen molar-refractivity contribution in [1.82, 2.24) is 14.3 Å². The second-order valence-corrected chi connectivity index (χ2v) is 13.0. The summed E-state index contributed by atoms with van der Waals surface area (Å²) in [5, 5.41) is 9.49. The minimum atomic E-state index is -4.40. The van der Waals surface area contributed by atoms with Crippen LogP contribution >= 0.6 is 11.3 Å². The van der Waals surface area contributed by atoms with Crippen molar-refractivity contribution in [2.45, 2.75) is 44.4 Å². The van der Waals surface area contributed by atoms with Crippen molar-refractivity contribution in [2.75, 3.05) is 43.4 Å². The van der Waals surface area contributed by atoms with Crippen LogP contribution in [0.2, 0.25) is 0 Å². The van der Waals surface area contributed by atoms with Gasteiger partial charge in [0.05, 0.1) is 21.5 Å². The quantitative estimate of drug-likeness (QED) is 0.349. The predicted octanol–water partition coefficient (Wildman–Crippen LogP) is 4.95. The number of benzene rings is 1.